The zero-order valence-electron chi connectivity index (χ0n) is 9.68. The summed E-state index contributed by atoms with van der Waals surface area (Å²) in [6.07, 6.45) is 0.915. The van der Waals surface area contributed by atoms with Crippen molar-refractivity contribution in [2.24, 2.45) is 11.8 Å². The standard InChI is InChI=1S/C10H21NO3S/c1-8-4-5-11(6-9(8)2)15(13,14)10(3)7-12/h8-10,12H,4-7H2,1-3H3. The molecule has 3 atom stereocenters. The monoisotopic (exact) mass is 235 g/mol. The summed E-state index contributed by atoms with van der Waals surface area (Å²) in [7, 11) is -3.29. The molecule has 3 unspecified atom stereocenters. The minimum absolute atomic E-state index is 0.303. The number of hydrogen-bond donors (Lipinski definition) is 1. The highest BCUT2D eigenvalue weighted by molar-refractivity contribution is 7.89. The molecule has 0 aromatic rings. The van der Waals surface area contributed by atoms with Crippen LogP contribution in [0.5, 0.6) is 0 Å². The van der Waals surface area contributed by atoms with Crippen molar-refractivity contribution in [2.45, 2.75) is 32.4 Å². The van der Waals surface area contributed by atoms with Crippen molar-refractivity contribution in [3.8, 4) is 0 Å². The Kier molecular flexibility index (Phi) is 4.14. The van der Waals surface area contributed by atoms with Crippen molar-refractivity contribution in [1.29, 1.82) is 0 Å². The minimum atomic E-state index is -3.29. The van der Waals surface area contributed by atoms with Gasteiger partial charge in [-0.2, -0.15) is 0 Å². The second-order valence-electron chi connectivity index (χ2n) is 4.64. The van der Waals surface area contributed by atoms with Gasteiger partial charge in [0, 0.05) is 13.1 Å². The highest BCUT2D eigenvalue weighted by Crippen LogP contribution is 2.25. The van der Waals surface area contributed by atoms with Gasteiger partial charge in [-0.1, -0.05) is 13.8 Å². The molecule has 0 bridgehead atoms. The number of hydrogen-bond acceptors (Lipinski definition) is 3. The quantitative estimate of drug-likeness (QED) is 0.782. The Bertz CT molecular complexity index is 302. The Balaban J connectivity index is 2.73. The summed E-state index contributed by atoms with van der Waals surface area (Å²) in [5.41, 5.74) is 0. The number of rotatable bonds is 3. The van der Waals surface area contributed by atoms with E-state index in [2.05, 4.69) is 13.8 Å². The van der Waals surface area contributed by atoms with E-state index in [9.17, 15) is 8.42 Å². The lowest BCUT2D eigenvalue weighted by Gasteiger charge is -2.35. The Morgan fingerprint density at radius 1 is 1.40 bits per heavy atom. The Labute approximate surface area is 92.3 Å². The van der Waals surface area contributed by atoms with Crippen LogP contribution in [0.3, 0.4) is 0 Å². The highest BCUT2D eigenvalue weighted by atomic mass is 32.2. The SMILES string of the molecule is CC1CCN(S(=O)(=O)C(C)CO)CC1C. The molecule has 5 heteroatoms. The molecular weight excluding hydrogens is 214 g/mol. The highest BCUT2D eigenvalue weighted by Gasteiger charge is 2.33. The lowest BCUT2D eigenvalue weighted by Crippen LogP contribution is -2.46. The van der Waals surface area contributed by atoms with Crippen LogP contribution in [-0.2, 0) is 10.0 Å². The summed E-state index contributed by atoms with van der Waals surface area (Å²) in [5.74, 6) is 0.986. The van der Waals surface area contributed by atoms with Gasteiger partial charge >= 0.3 is 0 Å². The summed E-state index contributed by atoms with van der Waals surface area (Å²) in [6.45, 7) is 6.67. The Hall–Kier alpha value is -0.130. The predicted octanol–water partition coefficient (Wildman–Crippen LogP) is 0.675. The summed E-state index contributed by atoms with van der Waals surface area (Å²) < 4.78 is 25.4. The van der Waals surface area contributed by atoms with Crippen LogP contribution in [0.4, 0.5) is 0 Å². The molecule has 1 fully saturated rings. The molecule has 0 saturated carbocycles. The maximum absolute atomic E-state index is 11.9. The smallest absolute Gasteiger partial charge is 0.218 e. The molecule has 1 heterocycles. The topological polar surface area (TPSA) is 57.6 Å². The average Bonchev–Trinajstić information content (AvgIpc) is 2.20. The van der Waals surface area contributed by atoms with Crippen molar-refractivity contribution in [2.75, 3.05) is 19.7 Å². The zero-order chi connectivity index (χ0) is 11.6. The minimum Gasteiger partial charge on any atom is -0.395 e. The van der Waals surface area contributed by atoms with Gasteiger partial charge in [0.15, 0.2) is 0 Å². The van der Waals surface area contributed by atoms with E-state index in [1.54, 1.807) is 6.92 Å². The summed E-state index contributed by atoms with van der Waals surface area (Å²) in [6, 6.07) is 0. The molecule has 1 saturated heterocycles. The summed E-state index contributed by atoms with van der Waals surface area (Å²) >= 11 is 0. The number of aliphatic hydroxyl groups excluding tert-OH is 1. The first-order chi connectivity index (χ1) is 6.89. The number of nitrogens with zero attached hydrogens (tertiary/aromatic N) is 1. The third-order valence-corrected chi connectivity index (χ3v) is 5.64. The van der Waals surface area contributed by atoms with Gasteiger partial charge in [0.25, 0.3) is 0 Å². The molecule has 0 spiro atoms. The molecule has 90 valence electrons. The molecule has 0 aliphatic carbocycles. The maximum atomic E-state index is 11.9. The number of piperidine rings is 1. The van der Waals surface area contributed by atoms with Crippen LogP contribution in [0, 0.1) is 11.8 Å². The van der Waals surface area contributed by atoms with E-state index in [4.69, 9.17) is 5.11 Å². The predicted molar refractivity (Wildman–Crippen MR) is 60.0 cm³/mol. The second-order valence-corrected chi connectivity index (χ2v) is 6.99. The van der Waals surface area contributed by atoms with Crippen LogP contribution in [-0.4, -0.2) is 42.8 Å². The van der Waals surface area contributed by atoms with Crippen molar-refractivity contribution in [3.05, 3.63) is 0 Å². The van der Waals surface area contributed by atoms with Crippen molar-refractivity contribution >= 4 is 10.0 Å². The van der Waals surface area contributed by atoms with E-state index < -0.39 is 15.3 Å². The summed E-state index contributed by atoms with van der Waals surface area (Å²) in [4.78, 5) is 0. The number of aliphatic hydroxyl groups is 1. The molecule has 1 aliphatic heterocycles. The van der Waals surface area contributed by atoms with Crippen LogP contribution in [0.1, 0.15) is 27.2 Å². The van der Waals surface area contributed by atoms with Gasteiger partial charge in [0.1, 0.15) is 0 Å². The lowest BCUT2D eigenvalue weighted by molar-refractivity contribution is 0.208. The Morgan fingerprint density at radius 3 is 2.47 bits per heavy atom. The zero-order valence-corrected chi connectivity index (χ0v) is 10.5. The third kappa shape index (κ3) is 2.71. The van der Waals surface area contributed by atoms with Crippen LogP contribution in [0.15, 0.2) is 0 Å². The van der Waals surface area contributed by atoms with E-state index in [-0.39, 0.29) is 6.61 Å². The summed E-state index contributed by atoms with van der Waals surface area (Å²) in [5, 5.41) is 8.23. The van der Waals surface area contributed by atoms with Crippen LogP contribution in [0.25, 0.3) is 0 Å². The van der Waals surface area contributed by atoms with Gasteiger partial charge in [0.2, 0.25) is 10.0 Å². The molecule has 0 radical (unpaired) electrons. The van der Waals surface area contributed by atoms with E-state index in [1.807, 2.05) is 0 Å². The van der Waals surface area contributed by atoms with Crippen molar-refractivity contribution in [3.63, 3.8) is 0 Å². The lowest BCUT2D eigenvalue weighted by atomic mass is 9.90. The van der Waals surface area contributed by atoms with Gasteiger partial charge < -0.3 is 5.11 Å². The van der Waals surface area contributed by atoms with E-state index in [0.717, 1.165) is 6.42 Å². The fourth-order valence-corrected chi connectivity index (χ4v) is 3.30. The maximum Gasteiger partial charge on any atom is 0.218 e. The molecule has 0 aromatic heterocycles. The molecule has 15 heavy (non-hydrogen) atoms. The molecule has 1 aliphatic rings. The van der Waals surface area contributed by atoms with E-state index in [1.165, 1.54) is 4.31 Å². The van der Waals surface area contributed by atoms with Crippen molar-refractivity contribution < 1.29 is 13.5 Å². The molecular formula is C10H21NO3S. The van der Waals surface area contributed by atoms with Crippen LogP contribution in [0.2, 0.25) is 0 Å². The second kappa shape index (κ2) is 4.80. The fourth-order valence-electron chi connectivity index (χ4n) is 1.80. The molecule has 0 aromatic carbocycles. The average molecular weight is 235 g/mol. The van der Waals surface area contributed by atoms with Gasteiger partial charge in [-0.05, 0) is 25.2 Å². The van der Waals surface area contributed by atoms with Gasteiger partial charge in [-0.25, -0.2) is 12.7 Å². The van der Waals surface area contributed by atoms with Crippen molar-refractivity contribution in [1.82, 2.24) is 4.31 Å². The molecule has 0 amide bonds. The van der Waals surface area contributed by atoms with Crippen LogP contribution >= 0.6 is 0 Å². The van der Waals surface area contributed by atoms with Crippen LogP contribution < -0.4 is 0 Å². The Morgan fingerprint density at radius 2 is 2.00 bits per heavy atom. The molecule has 4 nitrogen and oxygen atoms in total. The molecule has 1 N–H and O–H groups in total. The van der Waals surface area contributed by atoms with Gasteiger partial charge in [-0.15, -0.1) is 0 Å². The first-order valence-corrected chi connectivity index (χ1v) is 6.99. The normalized spacial score (nSPS) is 31.5. The van der Waals surface area contributed by atoms with E-state index in [0.29, 0.717) is 24.9 Å². The first-order valence-electron chi connectivity index (χ1n) is 5.49. The molecule has 1 rings (SSSR count). The largest absolute Gasteiger partial charge is 0.395 e. The van der Waals surface area contributed by atoms with E-state index >= 15 is 0 Å². The van der Waals surface area contributed by atoms with Gasteiger partial charge in [0.05, 0.1) is 11.9 Å². The third-order valence-electron chi connectivity index (χ3n) is 3.42. The number of sulfonamides is 1. The van der Waals surface area contributed by atoms with Gasteiger partial charge in [-0.3, -0.25) is 0 Å². The fraction of sp³-hybridized carbons (Fsp3) is 1.00. The first kappa shape index (κ1) is 12.9.